The van der Waals surface area contributed by atoms with Crippen molar-refractivity contribution in [1.29, 1.82) is 0 Å². The van der Waals surface area contributed by atoms with Crippen LogP contribution in [0.1, 0.15) is 51.6 Å². The van der Waals surface area contributed by atoms with Gasteiger partial charge >= 0.3 is 0 Å². The lowest BCUT2D eigenvalue weighted by molar-refractivity contribution is -0.306. The standard InChI is InChI=1S/C24H25NO5S/c1-15-5-3-4-6-19(15)20(7-8-22(26)27)30-21-12-18(11-16(2)23(21)24(25)28)29-13-17-9-10-31-14-17/h3-6,9-12,14,20H,7-8,13H2,1-2H3,(H2,25,28)(H,26,27)/p-1. The Morgan fingerprint density at radius 3 is 2.55 bits per heavy atom. The molecule has 2 N–H and O–H groups in total. The highest BCUT2D eigenvalue weighted by atomic mass is 32.1. The van der Waals surface area contributed by atoms with Gasteiger partial charge in [0.1, 0.15) is 24.2 Å². The number of rotatable bonds is 10. The Morgan fingerprint density at radius 1 is 1.13 bits per heavy atom. The molecule has 2 aromatic carbocycles. The number of carboxylic acids is 1. The number of carboxylic acid groups (broad SMARTS) is 1. The number of thiophene rings is 1. The Hall–Kier alpha value is -3.32. The molecule has 0 fully saturated rings. The summed E-state index contributed by atoms with van der Waals surface area (Å²) in [5, 5.41) is 15.1. The first-order valence-corrected chi connectivity index (χ1v) is 10.8. The van der Waals surface area contributed by atoms with E-state index in [-0.39, 0.29) is 24.2 Å². The van der Waals surface area contributed by atoms with E-state index in [0.29, 0.717) is 17.9 Å². The second-order valence-corrected chi connectivity index (χ2v) is 8.05. The summed E-state index contributed by atoms with van der Waals surface area (Å²) >= 11 is 1.58. The molecule has 0 aliphatic rings. The summed E-state index contributed by atoms with van der Waals surface area (Å²) in [5.41, 5.74) is 9.31. The van der Waals surface area contributed by atoms with Gasteiger partial charge in [-0.3, -0.25) is 4.79 Å². The quantitative estimate of drug-likeness (QED) is 0.520. The van der Waals surface area contributed by atoms with Crippen LogP contribution in [0.2, 0.25) is 0 Å². The molecule has 162 valence electrons. The average Bonchev–Trinajstić information content (AvgIpc) is 3.23. The van der Waals surface area contributed by atoms with Gasteiger partial charge in [0.15, 0.2) is 0 Å². The molecule has 7 heteroatoms. The van der Waals surface area contributed by atoms with Gasteiger partial charge in [-0.1, -0.05) is 24.3 Å². The Kier molecular flexibility index (Phi) is 7.31. The van der Waals surface area contributed by atoms with E-state index in [2.05, 4.69) is 0 Å². The molecule has 1 atom stereocenters. The molecule has 0 saturated heterocycles. The van der Waals surface area contributed by atoms with Crippen LogP contribution >= 0.6 is 11.3 Å². The molecule has 0 spiro atoms. The summed E-state index contributed by atoms with van der Waals surface area (Å²) in [4.78, 5) is 23.2. The number of aliphatic carboxylic acids is 1. The Balaban J connectivity index is 1.95. The van der Waals surface area contributed by atoms with Gasteiger partial charge in [-0.15, -0.1) is 0 Å². The molecule has 1 unspecified atom stereocenters. The second kappa shape index (κ2) is 10.1. The van der Waals surface area contributed by atoms with Gasteiger partial charge in [0, 0.05) is 12.0 Å². The summed E-state index contributed by atoms with van der Waals surface area (Å²) in [7, 11) is 0. The number of carbonyl (C=O) groups excluding carboxylic acids is 2. The van der Waals surface area contributed by atoms with Crippen molar-refractivity contribution in [3.05, 3.63) is 81.0 Å². The van der Waals surface area contributed by atoms with Gasteiger partial charge in [-0.25, -0.2) is 0 Å². The van der Waals surface area contributed by atoms with Crippen LogP contribution in [-0.2, 0) is 11.4 Å². The maximum atomic E-state index is 12.1. The van der Waals surface area contributed by atoms with E-state index < -0.39 is 18.0 Å². The van der Waals surface area contributed by atoms with Gasteiger partial charge in [-0.05, 0) is 71.8 Å². The van der Waals surface area contributed by atoms with Crippen molar-refractivity contribution < 1.29 is 24.2 Å². The Labute approximate surface area is 185 Å². The highest BCUT2D eigenvalue weighted by molar-refractivity contribution is 7.07. The fourth-order valence-corrected chi connectivity index (χ4v) is 4.04. The number of benzene rings is 2. The van der Waals surface area contributed by atoms with Crippen LogP contribution < -0.4 is 20.3 Å². The fraction of sp³-hybridized carbons (Fsp3) is 0.250. The zero-order chi connectivity index (χ0) is 22.4. The van der Waals surface area contributed by atoms with Crippen molar-refractivity contribution in [3.8, 4) is 11.5 Å². The smallest absolute Gasteiger partial charge is 0.252 e. The minimum atomic E-state index is -1.17. The molecule has 3 aromatic rings. The number of nitrogens with two attached hydrogens (primary N) is 1. The van der Waals surface area contributed by atoms with Gasteiger partial charge in [-0.2, -0.15) is 11.3 Å². The van der Waals surface area contributed by atoms with Crippen LogP contribution in [0.5, 0.6) is 11.5 Å². The molecule has 0 saturated carbocycles. The molecule has 0 aliphatic heterocycles. The second-order valence-electron chi connectivity index (χ2n) is 7.27. The number of carbonyl (C=O) groups is 2. The van der Waals surface area contributed by atoms with Gasteiger partial charge in [0.05, 0.1) is 5.56 Å². The minimum absolute atomic E-state index is 0.182. The molecule has 0 aliphatic carbocycles. The molecule has 0 radical (unpaired) electrons. The van der Waals surface area contributed by atoms with E-state index in [4.69, 9.17) is 15.2 Å². The number of hydrogen-bond acceptors (Lipinski definition) is 6. The van der Waals surface area contributed by atoms with Crippen molar-refractivity contribution in [1.82, 2.24) is 0 Å². The Morgan fingerprint density at radius 2 is 1.90 bits per heavy atom. The topological polar surface area (TPSA) is 102 Å². The van der Waals surface area contributed by atoms with Crippen LogP contribution in [0, 0.1) is 13.8 Å². The minimum Gasteiger partial charge on any atom is -0.550 e. The number of hydrogen-bond donors (Lipinski definition) is 1. The van der Waals surface area contributed by atoms with Gasteiger partial charge in [0.2, 0.25) is 0 Å². The van der Waals surface area contributed by atoms with E-state index in [1.54, 1.807) is 30.4 Å². The lowest BCUT2D eigenvalue weighted by Gasteiger charge is -2.24. The lowest BCUT2D eigenvalue weighted by atomic mass is 9.99. The predicted octanol–water partition coefficient (Wildman–Crippen LogP) is 3.69. The fourth-order valence-electron chi connectivity index (χ4n) is 3.38. The monoisotopic (exact) mass is 438 g/mol. The third kappa shape index (κ3) is 5.86. The lowest BCUT2D eigenvalue weighted by Crippen LogP contribution is -2.24. The van der Waals surface area contributed by atoms with E-state index in [0.717, 1.165) is 16.7 Å². The SMILES string of the molecule is Cc1ccccc1C(CCC(=O)[O-])Oc1cc(OCc2ccsc2)cc(C)c1C(N)=O. The van der Waals surface area contributed by atoms with Crippen molar-refractivity contribution in [2.45, 2.75) is 39.4 Å². The number of aryl methyl sites for hydroxylation is 2. The number of amides is 1. The first-order valence-electron chi connectivity index (χ1n) is 9.85. The summed E-state index contributed by atoms with van der Waals surface area (Å²) in [6, 6.07) is 12.9. The third-order valence-corrected chi connectivity index (χ3v) is 5.65. The van der Waals surface area contributed by atoms with Crippen molar-refractivity contribution in [3.63, 3.8) is 0 Å². The van der Waals surface area contributed by atoms with E-state index in [1.807, 2.05) is 48.0 Å². The van der Waals surface area contributed by atoms with E-state index in [9.17, 15) is 14.7 Å². The van der Waals surface area contributed by atoms with Gasteiger partial charge in [0.25, 0.3) is 5.91 Å². The largest absolute Gasteiger partial charge is 0.550 e. The van der Waals surface area contributed by atoms with Crippen LogP contribution in [-0.4, -0.2) is 11.9 Å². The maximum Gasteiger partial charge on any atom is 0.252 e. The molecule has 1 heterocycles. The van der Waals surface area contributed by atoms with Crippen LogP contribution in [0.4, 0.5) is 0 Å². The summed E-state index contributed by atoms with van der Waals surface area (Å²) in [5.74, 6) is -0.992. The van der Waals surface area contributed by atoms with Gasteiger partial charge < -0.3 is 25.1 Å². The average molecular weight is 439 g/mol. The third-order valence-electron chi connectivity index (χ3n) is 4.92. The first-order chi connectivity index (χ1) is 14.8. The maximum absolute atomic E-state index is 12.1. The molecule has 3 rings (SSSR count). The summed E-state index contributed by atoms with van der Waals surface area (Å²) in [6.07, 6.45) is -0.591. The summed E-state index contributed by atoms with van der Waals surface area (Å²) < 4.78 is 12.1. The molecule has 1 aromatic heterocycles. The molecule has 31 heavy (non-hydrogen) atoms. The molecule has 0 bridgehead atoms. The Bertz CT molecular complexity index is 1060. The number of ether oxygens (including phenoxy) is 2. The van der Waals surface area contributed by atoms with Crippen LogP contribution in [0.25, 0.3) is 0 Å². The molecular weight excluding hydrogens is 414 g/mol. The van der Waals surface area contributed by atoms with E-state index >= 15 is 0 Å². The first kappa shape index (κ1) is 22.4. The molecule has 1 amide bonds. The van der Waals surface area contributed by atoms with Crippen LogP contribution in [0.3, 0.4) is 0 Å². The van der Waals surface area contributed by atoms with Crippen molar-refractivity contribution in [2.75, 3.05) is 0 Å². The predicted molar refractivity (Wildman–Crippen MR) is 117 cm³/mol. The van der Waals surface area contributed by atoms with Crippen molar-refractivity contribution in [2.24, 2.45) is 5.73 Å². The highest BCUT2D eigenvalue weighted by Gasteiger charge is 2.21. The normalized spacial score (nSPS) is 11.7. The zero-order valence-electron chi connectivity index (χ0n) is 17.4. The summed E-state index contributed by atoms with van der Waals surface area (Å²) in [6.45, 7) is 4.06. The zero-order valence-corrected chi connectivity index (χ0v) is 18.2. The molecule has 6 nitrogen and oxygen atoms in total. The number of primary amides is 1. The highest BCUT2D eigenvalue weighted by Crippen LogP contribution is 2.34. The van der Waals surface area contributed by atoms with Crippen LogP contribution in [0.15, 0.2) is 53.2 Å². The molecular formula is C24H24NO5S-. The van der Waals surface area contributed by atoms with E-state index in [1.165, 1.54) is 0 Å². The van der Waals surface area contributed by atoms with Crippen molar-refractivity contribution >= 4 is 23.2 Å².